The summed E-state index contributed by atoms with van der Waals surface area (Å²) in [5.41, 5.74) is 3.97. The van der Waals surface area contributed by atoms with Crippen molar-refractivity contribution in [2.24, 2.45) is 5.10 Å². The highest BCUT2D eigenvalue weighted by Gasteiger charge is 2.09. The molecule has 0 saturated heterocycles. The quantitative estimate of drug-likeness (QED) is 0.258. The number of carbonyl (C=O) groups is 2. The topological polar surface area (TPSA) is 77.0 Å². The van der Waals surface area contributed by atoms with Crippen LogP contribution in [0, 0.1) is 0 Å². The van der Waals surface area contributed by atoms with E-state index < -0.39 is 5.97 Å². The summed E-state index contributed by atoms with van der Waals surface area (Å²) in [7, 11) is 0. The minimum absolute atomic E-state index is 0.348. The van der Waals surface area contributed by atoms with E-state index in [1.165, 1.54) is 6.21 Å². The normalized spacial score (nSPS) is 10.6. The third kappa shape index (κ3) is 5.93. The van der Waals surface area contributed by atoms with Crippen molar-refractivity contribution < 1.29 is 19.1 Å². The molecule has 0 saturated carbocycles. The molecular formula is C23H19ClN2O4. The average Bonchev–Trinajstić information content (AvgIpc) is 2.75. The predicted octanol–water partition coefficient (Wildman–Crippen LogP) is 4.72. The number of amides is 1. The largest absolute Gasteiger partial charge is 0.494 e. The van der Waals surface area contributed by atoms with Gasteiger partial charge in [-0.2, -0.15) is 5.10 Å². The number of esters is 1. The standard InChI is InChI=1S/C23H19ClN2O4/c1-2-29-20-12-8-17(9-13-20)22(27)26-25-15-16-4-3-5-21(14-16)30-23(28)18-6-10-19(24)11-7-18/h3-15H,2H2,1H3,(H,26,27)/b25-15-. The lowest BCUT2D eigenvalue weighted by Crippen LogP contribution is -2.17. The number of nitrogens with zero attached hydrogens (tertiary/aromatic N) is 1. The van der Waals surface area contributed by atoms with Crippen LogP contribution in [0.25, 0.3) is 0 Å². The van der Waals surface area contributed by atoms with Crippen LogP contribution in [-0.4, -0.2) is 24.7 Å². The molecule has 0 bridgehead atoms. The summed E-state index contributed by atoms with van der Waals surface area (Å²) >= 11 is 5.82. The molecule has 6 nitrogen and oxygen atoms in total. The van der Waals surface area contributed by atoms with E-state index in [0.717, 1.165) is 0 Å². The summed E-state index contributed by atoms with van der Waals surface area (Å²) in [4.78, 5) is 24.3. The van der Waals surface area contributed by atoms with Crippen molar-refractivity contribution in [2.75, 3.05) is 6.61 Å². The second kappa shape index (κ2) is 10.2. The Labute approximate surface area is 179 Å². The van der Waals surface area contributed by atoms with Crippen molar-refractivity contribution in [3.05, 3.63) is 94.5 Å². The van der Waals surface area contributed by atoms with E-state index in [0.29, 0.717) is 39.8 Å². The van der Waals surface area contributed by atoms with Crippen LogP contribution in [0.3, 0.4) is 0 Å². The minimum Gasteiger partial charge on any atom is -0.494 e. The molecule has 0 aliphatic carbocycles. The average molecular weight is 423 g/mol. The Morgan fingerprint density at radius 3 is 2.37 bits per heavy atom. The summed E-state index contributed by atoms with van der Waals surface area (Å²) in [5.74, 6) is 0.212. The molecule has 0 heterocycles. The zero-order valence-electron chi connectivity index (χ0n) is 16.2. The van der Waals surface area contributed by atoms with Crippen molar-refractivity contribution in [1.82, 2.24) is 5.43 Å². The van der Waals surface area contributed by atoms with Gasteiger partial charge in [-0.25, -0.2) is 10.2 Å². The molecule has 152 valence electrons. The molecule has 0 unspecified atom stereocenters. The molecule has 0 atom stereocenters. The highest BCUT2D eigenvalue weighted by Crippen LogP contribution is 2.16. The number of rotatable bonds is 7. The zero-order valence-corrected chi connectivity index (χ0v) is 16.9. The molecule has 0 radical (unpaired) electrons. The third-order valence-corrected chi connectivity index (χ3v) is 4.21. The van der Waals surface area contributed by atoms with Gasteiger partial charge in [-0.1, -0.05) is 23.7 Å². The maximum absolute atomic E-state index is 12.2. The van der Waals surface area contributed by atoms with E-state index in [2.05, 4.69) is 10.5 Å². The van der Waals surface area contributed by atoms with Crippen LogP contribution in [0.1, 0.15) is 33.2 Å². The van der Waals surface area contributed by atoms with Crippen LogP contribution in [0.4, 0.5) is 0 Å². The van der Waals surface area contributed by atoms with E-state index in [9.17, 15) is 9.59 Å². The Morgan fingerprint density at radius 1 is 0.967 bits per heavy atom. The lowest BCUT2D eigenvalue weighted by molar-refractivity contribution is 0.0734. The van der Waals surface area contributed by atoms with E-state index in [4.69, 9.17) is 21.1 Å². The summed E-state index contributed by atoms with van der Waals surface area (Å²) in [5, 5.41) is 4.49. The van der Waals surface area contributed by atoms with E-state index in [1.54, 1.807) is 72.8 Å². The maximum atomic E-state index is 12.2. The fraction of sp³-hybridized carbons (Fsp3) is 0.0870. The number of halogens is 1. The summed E-state index contributed by atoms with van der Waals surface area (Å²) in [6, 6.07) is 20.0. The third-order valence-electron chi connectivity index (χ3n) is 3.96. The van der Waals surface area contributed by atoms with Gasteiger partial charge >= 0.3 is 5.97 Å². The van der Waals surface area contributed by atoms with Gasteiger partial charge in [-0.15, -0.1) is 0 Å². The van der Waals surface area contributed by atoms with Crippen LogP contribution in [0.2, 0.25) is 5.02 Å². The number of hydrogen-bond acceptors (Lipinski definition) is 5. The molecule has 1 N–H and O–H groups in total. The van der Waals surface area contributed by atoms with Gasteiger partial charge in [0.2, 0.25) is 0 Å². The van der Waals surface area contributed by atoms with Crippen molar-refractivity contribution in [1.29, 1.82) is 0 Å². The van der Waals surface area contributed by atoms with Gasteiger partial charge in [0.05, 0.1) is 18.4 Å². The second-order valence-electron chi connectivity index (χ2n) is 6.13. The molecule has 0 aromatic heterocycles. The Balaban J connectivity index is 1.59. The van der Waals surface area contributed by atoms with Crippen molar-refractivity contribution >= 4 is 29.7 Å². The molecule has 3 rings (SSSR count). The number of carbonyl (C=O) groups excluding carboxylic acids is 2. The first-order valence-corrected chi connectivity index (χ1v) is 9.57. The van der Waals surface area contributed by atoms with Gasteiger partial charge in [0, 0.05) is 10.6 Å². The van der Waals surface area contributed by atoms with Crippen molar-refractivity contribution in [3.63, 3.8) is 0 Å². The Morgan fingerprint density at radius 2 is 1.67 bits per heavy atom. The molecule has 0 spiro atoms. The first-order chi connectivity index (χ1) is 14.5. The van der Waals surface area contributed by atoms with Gasteiger partial charge in [0.25, 0.3) is 5.91 Å². The van der Waals surface area contributed by atoms with Crippen LogP contribution in [0.15, 0.2) is 77.9 Å². The van der Waals surface area contributed by atoms with Gasteiger partial charge in [0.15, 0.2) is 0 Å². The smallest absolute Gasteiger partial charge is 0.343 e. The number of hydrogen-bond donors (Lipinski definition) is 1. The van der Waals surface area contributed by atoms with Crippen LogP contribution >= 0.6 is 11.6 Å². The van der Waals surface area contributed by atoms with Gasteiger partial charge in [-0.3, -0.25) is 4.79 Å². The molecule has 30 heavy (non-hydrogen) atoms. The molecule has 0 aliphatic heterocycles. The van der Waals surface area contributed by atoms with Crippen LogP contribution in [-0.2, 0) is 0 Å². The monoisotopic (exact) mass is 422 g/mol. The summed E-state index contributed by atoms with van der Waals surface area (Å²) in [6.45, 7) is 2.45. The Bertz CT molecular complexity index is 1050. The first-order valence-electron chi connectivity index (χ1n) is 9.19. The predicted molar refractivity (Wildman–Crippen MR) is 116 cm³/mol. The number of benzene rings is 3. The van der Waals surface area contributed by atoms with Crippen LogP contribution in [0.5, 0.6) is 11.5 Å². The second-order valence-corrected chi connectivity index (χ2v) is 6.56. The molecule has 1 amide bonds. The molecule has 7 heteroatoms. The van der Waals surface area contributed by atoms with E-state index in [-0.39, 0.29) is 5.91 Å². The lowest BCUT2D eigenvalue weighted by Gasteiger charge is -2.05. The van der Waals surface area contributed by atoms with Crippen molar-refractivity contribution in [3.8, 4) is 11.5 Å². The molecular weight excluding hydrogens is 404 g/mol. The zero-order chi connectivity index (χ0) is 21.3. The lowest BCUT2D eigenvalue weighted by atomic mass is 10.2. The molecule has 3 aromatic carbocycles. The fourth-order valence-electron chi connectivity index (χ4n) is 2.51. The maximum Gasteiger partial charge on any atom is 0.343 e. The minimum atomic E-state index is -0.496. The van der Waals surface area contributed by atoms with E-state index in [1.807, 2.05) is 6.92 Å². The van der Waals surface area contributed by atoms with Gasteiger partial charge in [-0.05, 0) is 73.2 Å². The fourth-order valence-corrected chi connectivity index (χ4v) is 2.64. The molecule has 3 aromatic rings. The summed E-state index contributed by atoms with van der Waals surface area (Å²) in [6.07, 6.45) is 1.46. The first kappa shape index (κ1) is 21.1. The number of hydrazone groups is 1. The van der Waals surface area contributed by atoms with Gasteiger partial charge < -0.3 is 9.47 Å². The highest BCUT2D eigenvalue weighted by atomic mass is 35.5. The SMILES string of the molecule is CCOc1ccc(C(=O)N/N=C\c2cccc(OC(=O)c3ccc(Cl)cc3)c2)cc1. The Kier molecular flexibility index (Phi) is 7.19. The Hall–Kier alpha value is -3.64. The number of ether oxygens (including phenoxy) is 2. The van der Waals surface area contributed by atoms with Gasteiger partial charge in [0.1, 0.15) is 11.5 Å². The molecule has 0 aliphatic rings. The molecule has 0 fully saturated rings. The highest BCUT2D eigenvalue weighted by molar-refractivity contribution is 6.30. The van der Waals surface area contributed by atoms with Crippen molar-refractivity contribution in [2.45, 2.75) is 6.92 Å². The number of nitrogens with one attached hydrogen (secondary N) is 1. The van der Waals surface area contributed by atoms with Crippen LogP contribution < -0.4 is 14.9 Å². The summed E-state index contributed by atoms with van der Waals surface area (Å²) < 4.78 is 10.7. The van der Waals surface area contributed by atoms with E-state index >= 15 is 0 Å².